The maximum absolute atomic E-state index is 10.8. The van der Waals surface area contributed by atoms with Gasteiger partial charge in [-0.05, 0) is 32.0 Å². The highest BCUT2D eigenvalue weighted by atomic mass is 35.5. The van der Waals surface area contributed by atoms with Crippen molar-refractivity contribution in [1.29, 1.82) is 0 Å². The summed E-state index contributed by atoms with van der Waals surface area (Å²) < 4.78 is 5.32. The first kappa shape index (κ1) is 10.9. The van der Waals surface area contributed by atoms with Gasteiger partial charge in [0.25, 0.3) is 0 Å². The smallest absolute Gasteiger partial charge is 0.339 e. The van der Waals surface area contributed by atoms with Crippen LogP contribution in [0.25, 0.3) is 0 Å². The SMILES string of the molecule is CC(C)Oc1cc(Cl)ccc1C(=O)O. The van der Waals surface area contributed by atoms with Crippen molar-refractivity contribution in [1.82, 2.24) is 0 Å². The Morgan fingerprint density at radius 1 is 1.50 bits per heavy atom. The molecule has 0 aliphatic heterocycles. The van der Waals surface area contributed by atoms with Gasteiger partial charge in [0.15, 0.2) is 0 Å². The molecule has 3 nitrogen and oxygen atoms in total. The van der Waals surface area contributed by atoms with Gasteiger partial charge in [0.05, 0.1) is 6.10 Å². The van der Waals surface area contributed by atoms with Crippen LogP contribution in [0, 0.1) is 0 Å². The van der Waals surface area contributed by atoms with Gasteiger partial charge in [-0.1, -0.05) is 11.6 Å². The van der Waals surface area contributed by atoms with Crippen LogP contribution in [0.4, 0.5) is 0 Å². The van der Waals surface area contributed by atoms with E-state index in [1.807, 2.05) is 13.8 Å². The van der Waals surface area contributed by atoms with Gasteiger partial charge in [0, 0.05) is 5.02 Å². The Balaban J connectivity index is 3.09. The number of rotatable bonds is 3. The Labute approximate surface area is 87.3 Å². The fraction of sp³-hybridized carbons (Fsp3) is 0.300. The van der Waals surface area contributed by atoms with Crippen molar-refractivity contribution in [2.45, 2.75) is 20.0 Å². The standard InChI is InChI=1S/C10H11ClO3/c1-6(2)14-9-5-7(11)3-4-8(9)10(12)13/h3-6H,1-2H3,(H,12,13). The van der Waals surface area contributed by atoms with Crippen LogP contribution in [0.1, 0.15) is 24.2 Å². The third-order valence-corrected chi connectivity index (χ3v) is 1.77. The van der Waals surface area contributed by atoms with Gasteiger partial charge in [-0.2, -0.15) is 0 Å². The van der Waals surface area contributed by atoms with E-state index in [4.69, 9.17) is 21.4 Å². The molecule has 0 atom stereocenters. The zero-order valence-electron chi connectivity index (χ0n) is 7.95. The van der Waals surface area contributed by atoms with Crippen molar-refractivity contribution in [3.05, 3.63) is 28.8 Å². The van der Waals surface area contributed by atoms with Crippen molar-refractivity contribution >= 4 is 17.6 Å². The molecule has 1 rings (SSSR count). The summed E-state index contributed by atoms with van der Waals surface area (Å²) in [6, 6.07) is 4.46. The van der Waals surface area contributed by atoms with Crippen molar-refractivity contribution in [3.63, 3.8) is 0 Å². The summed E-state index contributed by atoms with van der Waals surface area (Å²) in [5.74, 6) is -0.711. The van der Waals surface area contributed by atoms with E-state index in [1.54, 1.807) is 0 Å². The summed E-state index contributed by atoms with van der Waals surface area (Å²) in [6.45, 7) is 3.65. The fourth-order valence-electron chi connectivity index (χ4n) is 1.02. The number of halogens is 1. The number of aromatic carboxylic acids is 1. The van der Waals surface area contributed by atoms with E-state index in [0.29, 0.717) is 10.8 Å². The molecule has 1 aromatic carbocycles. The van der Waals surface area contributed by atoms with Gasteiger partial charge in [0.2, 0.25) is 0 Å². The van der Waals surface area contributed by atoms with Crippen LogP contribution in [-0.4, -0.2) is 17.2 Å². The molecule has 1 N–H and O–H groups in total. The Hall–Kier alpha value is -1.22. The van der Waals surface area contributed by atoms with E-state index >= 15 is 0 Å². The summed E-state index contributed by atoms with van der Waals surface area (Å²) in [5, 5.41) is 9.31. The highest BCUT2D eigenvalue weighted by molar-refractivity contribution is 6.30. The molecule has 0 saturated heterocycles. The normalized spacial score (nSPS) is 10.3. The number of ether oxygens (including phenoxy) is 1. The van der Waals surface area contributed by atoms with E-state index in [2.05, 4.69) is 0 Å². The molecule has 0 heterocycles. The van der Waals surface area contributed by atoms with E-state index in [-0.39, 0.29) is 11.7 Å². The van der Waals surface area contributed by atoms with E-state index in [9.17, 15) is 4.79 Å². The average Bonchev–Trinajstić information content (AvgIpc) is 2.01. The Morgan fingerprint density at radius 2 is 2.14 bits per heavy atom. The molecule has 0 unspecified atom stereocenters. The van der Waals surface area contributed by atoms with Crippen molar-refractivity contribution in [2.24, 2.45) is 0 Å². The molecule has 4 heteroatoms. The average molecular weight is 215 g/mol. The summed E-state index contributed by atoms with van der Waals surface area (Å²) in [6.07, 6.45) is -0.0773. The maximum atomic E-state index is 10.8. The first-order valence-electron chi connectivity index (χ1n) is 4.20. The lowest BCUT2D eigenvalue weighted by Crippen LogP contribution is -2.09. The number of benzene rings is 1. The minimum atomic E-state index is -1.02. The van der Waals surface area contributed by atoms with Crippen LogP contribution in [0.15, 0.2) is 18.2 Å². The third kappa shape index (κ3) is 2.64. The molecular formula is C10H11ClO3. The largest absolute Gasteiger partial charge is 0.490 e. The summed E-state index contributed by atoms with van der Waals surface area (Å²) >= 11 is 5.73. The maximum Gasteiger partial charge on any atom is 0.339 e. The molecule has 0 amide bonds. The number of carboxylic acids is 1. The highest BCUT2D eigenvalue weighted by Crippen LogP contribution is 2.24. The topological polar surface area (TPSA) is 46.5 Å². The van der Waals surface area contributed by atoms with Crippen LogP contribution in [-0.2, 0) is 0 Å². The number of carboxylic acid groups (broad SMARTS) is 1. The van der Waals surface area contributed by atoms with E-state index < -0.39 is 5.97 Å². The predicted molar refractivity (Wildman–Crippen MR) is 54.2 cm³/mol. The lowest BCUT2D eigenvalue weighted by Gasteiger charge is -2.12. The lowest BCUT2D eigenvalue weighted by atomic mass is 10.2. The number of hydrogen-bond acceptors (Lipinski definition) is 2. The lowest BCUT2D eigenvalue weighted by molar-refractivity contribution is 0.0690. The van der Waals surface area contributed by atoms with Crippen LogP contribution in [0.5, 0.6) is 5.75 Å². The fourth-order valence-corrected chi connectivity index (χ4v) is 1.19. The third-order valence-electron chi connectivity index (χ3n) is 1.54. The molecule has 0 aliphatic carbocycles. The quantitative estimate of drug-likeness (QED) is 0.842. The van der Waals surface area contributed by atoms with Gasteiger partial charge in [-0.15, -0.1) is 0 Å². The van der Waals surface area contributed by atoms with Gasteiger partial charge < -0.3 is 9.84 Å². The summed E-state index contributed by atoms with van der Waals surface area (Å²) in [5.41, 5.74) is 0.128. The minimum Gasteiger partial charge on any atom is -0.490 e. The van der Waals surface area contributed by atoms with Gasteiger partial charge in [-0.3, -0.25) is 0 Å². The summed E-state index contributed by atoms with van der Waals surface area (Å²) in [4.78, 5) is 10.8. The Morgan fingerprint density at radius 3 is 2.64 bits per heavy atom. The first-order chi connectivity index (χ1) is 6.50. The molecule has 1 aromatic rings. The number of carbonyl (C=O) groups is 1. The van der Waals surface area contributed by atoms with Crippen LogP contribution in [0.3, 0.4) is 0 Å². The molecule has 0 radical (unpaired) electrons. The molecule has 0 fully saturated rings. The molecule has 14 heavy (non-hydrogen) atoms. The van der Waals surface area contributed by atoms with E-state index in [0.717, 1.165) is 0 Å². The van der Waals surface area contributed by atoms with Gasteiger partial charge in [0.1, 0.15) is 11.3 Å². The first-order valence-corrected chi connectivity index (χ1v) is 4.58. The molecule has 0 aliphatic rings. The Bertz CT molecular complexity index is 347. The second-order valence-electron chi connectivity index (χ2n) is 3.11. The van der Waals surface area contributed by atoms with Gasteiger partial charge in [-0.25, -0.2) is 4.79 Å². The molecule has 0 spiro atoms. The van der Waals surface area contributed by atoms with Gasteiger partial charge >= 0.3 is 5.97 Å². The molecule has 0 aromatic heterocycles. The van der Waals surface area contributed by atoms with Crippen LogP contribution < -0.4 is 4.74 Å². The molecule has 0 bridgehead atoms. The van der Waals surface area contributed by atoms with Crippen molar-refractivity contribution in [3.8, 4) is 5.75 Å². The van der Waals surface area contributed by atoms with Crippen molar-refractivity contribution in [2.75, 3.05) is 0 Å². The molecule has 76 valence electrons. The molecule has 0 saturated carbocycles. The second-order valence-corrected chi connectivity index (χ2v) is 3.55. The second kappa shape index (κ2) is 4.33. The molecular weight excluding hydrogens is 204 g/mol. The zero-order valence-corrected chi connectivity index (χ0v) is 8.71. The summed E-state index contributed by atoms with van der Waals surface area (Å²) in [7, 11) is 0. The predicted octanol–water partition coefficient (Wildman–Crippen LogP) is 2.83. The zero-order chi connectivity index (χ0) is 10.7. The number of hydrogen-bond donors (Lipinski definition) is 1. The van der Waals surface area contributed by atoms with Crippen LogP contribution in [0.2, 0.25) is 5.02 Å². The van der Waals surface area contributed by atoms with E-state index in [1.165, 1.54) is 18.2 Å². The minimum absolute atomic E-state index is 0.0773. The Kier molecular flexibility index (Phi) is 3.36. The highest BCUT2D eigenvalue weighted by Gasteiger charge is 2.12. The monoisotopic (exact) mass is 214 g/mol. The van der Waals surface area contributed by atoms with Crippen molar-refractivity contribution < 1.29 is 14.6 Å². The van der Waals surface area contributed by atoms with Crippen LogP contribution >= 0.6 is 11.6 Å².